The second-order valence-corrected chi connectivity index (χ2v) is 7.19. The molecule has 2 rings (SSSR count). The third kappa shape index (κ3) is 4.98. The minimum atomic E-state index is -0.0318. The van der Waals surface area contributed by atoms with Crippen LogP contribution in [0.5, 0.6) is 0 Å². The molecular weight excluding hydrogens is 282 g/mol. The van der Waals surface area contributed by atoms with E-state index in [9.17, 15) is 0 Å². The number of rotatable bonds is 6. The quantitative estimate of drug-likeness (QED) is 0.814. The van der Waals surface area contributed by atoms with Crippen molar-refractivity contribution >= 4 is 11.6 Å². The van der Waals surface area contributed by atoms with Gasteiger partial charge in [-0.2, -0.15) is 0 Å². The Bertz CT molecular complexity index is 439. The molecule has 1 fully saturated rings. The zero-order valence-electron chi connectivity index (χ0n) is 13.5. The van der Waals surface area contributed by atoms with Crippen LogP contribution in [0, 0.1) is 5.92 Å². The van der Waals surface area contributed by atoms with Crippen LogP contribution in [-0.2, 0) is 11.3 Å². The van der Waals surface area contributed by atoms with E-state index < -0.39 is 0 Å². The third-order valence-corrected chi connectivity index (χ3v) is 4.88. The third-order valence-electron chi connectivity index (χ3n) is 4.51. The molecule has 1 saturated carbocycles. The van der Waals surface area contributed by atoms with E-state index in [1.165, 1.54) is 12.8 Å². The standard InChI is InChI=1S/C18H28ClNO/c1-14(2)20-13-18(10-8-15(3)9-11-18)21-12-16-6-4-5-7-17(16)19/h4-7,14-15,20H,8-13H2,1-3H3. The summed E-state index contributed by atoms with van der Waals surface area (Å²) in [6.07, 6.45) is 4.78. The second kappa shape index (κ2) is 7.62. The molecule has 3 heteroatoms. The SMILES string of the molecule is CC1CCC(CNC(C)C)(OCc2ccccc2Cl)CC1. The topological polar surface area (TPSA) is 21.3 Å². The Kier molecular flexibility index (Phi) is 6.09. The van der Waals surface area contributed by atoms with E-state index in [1.807, 2.05) is 18.2 Å². The van der Waals surface area contributed by atoms with E-state index in [1.54, 1.807) is 0 Å². The summed E-state index contributed by atoms with van der Waals surface area (Å²) < 4.78 is 6.39. The van der Waals surface area contributed by atoms with E-state index in [4.69, 9.17) is 16.3 Å². The molecule has 1 aliphatic carbocycles. The van der Waals surface area contributed by atoms with Gasteiger partial charge in [0.25, 0.3) is 0 Å². The number of halogens is 1. The van der Waals surface area contributed by atoms with Gasteiger partial charge in [0.15, 0.2) is 0 Å². The van der Waals surface area contributed by atoms with E-state index in [0.29, 0.717) is 12.6 Å². The van der Waals surface area contributed by atoms with E-state index in [-0.39, 0.29) is 5.60 Å². The van der Waals surface area contributed by atoms with Gasteiger partial charge in [-0.3, -0.25) is 0 Å². The Morgan fingerprint density at radius 2 is 1.95 bits per heavy atom. The number of ether oxygens (including phenoxy) is 1. The molecule has 0 heterocycles. The summed E-state index contributed by atoms with van der Waals surface area (Å²) >= 11 is 6.24. The molecule has 0 saturated heterocycles. The second-order valence-electron chi connectivity index (χ2n) is 6.78. The molecule has 2 nitrogen and oxygen atoms in total. The van der Waals surface area contributed by atoms with Crippen LogP contribution in [0.25, 0.3) is 0 Å². The van der Waals surface area contributed by atoms with Gasteiger partial charge < -0.3 is 10.1 Å². The van der Waals surface area contributed by atoms with Crippen LogP contribution >= 0.6 is 11.6 Å². The number of hydrogen-bond acceptors (Lipinski definition) is 2. The molecular formula is C18H28ClNO. The van der Waals surface area contributed by atoms with Gasteiger partial charge in [0.2, 0.25) is 0 Å². The van der Waals surface area contributed by atoms with Crippen LogP contribution in [0.1, 0.15) is 52.0 Å². The van der Waals surface area contributed by atoms with Crippen LogP contribution in [0.3, 0.4) is 0 Å². The first-order valence-electron chi connectivity index (χ1n) is 8.11. The highest BCUT2D eigenvalue weighted by Gasteiger charge is 2.35. The number of benzene rings is 1. The summed E-state index contributed by atoms with van der Waals surface area (Å²) in [4.78, 5) is 0. The van der Waals surface area contributed by atoms with Crippen LogP contribution in [-0.4, -0.2) is 18.2 Å². The molecule has 1 aromatic rings. The van der Waals surface area contributed by atoms with Gasteiger partial charge in [-0.25, -0.2) is 0 Å². The van der Waals surface area contributed by atoms with Crippen molar-refractivity contribution < 1.29 is 4.74 Å². The molecule has 1 aromatic carbocycles. The predicted octanol–water partition coefficient (Wildman–Crippen LogP) is 4.80. The Morgan fingerprint density at radius 1 is 1.29 bits per heavy atom. The van der Waals surface area contributed by atoms with Crippen LogP contribution in [0.4, 0.5) is 0 Å². The largest absolute Gasteiger partial charge is 0.369 e. The Hall–Kier alpha value is -0.570. The highest BCUT2D eigenvalue weighted by atomic mass is 35.5. The van der Waals surface area contributed by atoms with Crippen molar-refractivity contribution in [3.05, 3.63) is 34.9 Å². The van der Waals surface area contributed by atoms with Crippen molar-refractivity contribution in [2.75, 3.05) is 6.54 Å². The lowest BCUT2D eigenvalue weighted by atomic mass is 9.79. The first-order valence-corrected chi connectivity index (χ1v) is 8.49. The van der Waals surface area contributed by atoms with Gasteiger partial charge in [-0.15, -0.1) is 0 Å². The first-order chi connectivity index (χ1) is 10.0. The van der Waals surface area contributed by atoms with E-state index >= 15 is 0 Å². The molecule has 0 unspecified atom stereocenters. The van der Waals surface area contributed by atoms with Crippen LogP contribution in [0.2, 0.25) is 5.02 Å². The minimum absolute atomic E-state index is 0.0318. The normalized spacial score (nSPS) is 26.2. The highest BCUT2D eigenvalue weighted by molar-refractivity contribution is 6.31. The molecule has 0 amide bonds. The minimum Gasteiger partial charge on any atom is -0.369 e. The van der Waals surface area contributed by atoms with Gasteiger partial charge in [0.1, 0.15) is 0 Å². The molecule has 21 heavy (non-hydrogen) atoms. The molecule has 0 spiro atoms. The van der Waals surface area contributed by atoms with E-state index in [0.717, 1.165) is 35.9 Å². The smallest absolute Gasteiger partial charge is 0.0811 e. The van der Waals surface area contributed by atoms with Gasteiger partial charge in [0, 0.05) is 17.6 Å². The van der Waals surface area contributed by atoms with Crippen molar-refractivity contribution in [2.24, 2.45) is 5.92 Å². The fraction of sp³-hybridized carbons (Fsp3) is 0.667. The zero-order valence-corrected chi connectivity index (χ0v) is 14.2. The Morgan fingerprint density at radius 3 is 2.57 bits per heavy atom. The summed E-state index contributed by atoms with van der Waals surface area (Å²) in [6, 6.07) is 8.46. The maximum atomic E-state index is 6.39. The van der Waals surface area contributed by atoms with Gasteiger partial charge in [0.05, 0.1) is 12.2 Å². The van der Waals surface area contributed by atoms with Crippen molar-refractivity contribution in [2.45, 2.75) is 64.7 Å². The maximum absolute atomic E-state index is 6.39. The Balaban J connectivity index is 2.00. The number of hydrogen-bond donors (Lipinski definition) is 1. The summed E-state index contributed by atoms with van der Waals surface area (Å²) in [6.45, 7) is 8.25. The molecule has 1 aliphatic rings. The van der Waals surface area contributed by atoms with E-state index in [2.05, 4.69) is 32.2 Å². The van der Waals surface area contributed by atoms with Crippen molar-refractivity contribution in [3.63, 3.8) is 0 Å². The van der Waals surface area contributed by atoms with Gasteiger partial charge in [-0.1, -0.05) is 50.6 Å². The van der Waals surface area contributed by atoms with Crippen molar-refractivity contribution in [1.82, 2.24) is 5.32 Å². The van der Waals surface area contributed by atoms with Gasteiger partial charge >= 0.3 is 0 Å². The molecule has 0 bridgehead atoms. The zero-order chi connectivity index (χ0) is 15.3. The molecule has 0 aliphatic heterocycles. The summed E-state index contributed by atoms with van der Waals surface area (Å²) in [5, 5.41) is 4.36. The predicted molar refractivity (Wildman–Crippen MR) is 89.7 cm³/mol. The number of nitrogens with one attached hydrogen (secondary N) is 1. The molecule has 118 valence electrons. The summed E-state index contributed by atoms with van der Waals surface area (Å²) in [5.74, 6) is 0.820. The lowest BCUT2D eigenvalue weighted by Gasteiger charge is -2.40. The molecule has 0 aromatic heterocycles. The monoisotopic (exact) mass is 309 g/mol. The van der Waals surface area contributed by atoms with Gasteiger partial charge in [-0.05, 0) is 43.2 Å². The fourth-order valence-corrected chi connectivity index (χ4v) is 3.09. The average Bonchev–Trinajstić information content (AvgIpc) is 2.47. The highest BCUT2D eigenvalue weighted by Crippen LogP contribution is 2.35. The average molecular weight is 310 g/mol. The van der Waals surface area contributed by atoms with Crippen molar-refractivity contribution in [3.8, 4) is 0 Å². The maximum Gasteiger partial charge on any atom is 0.0811 e. The van der Waals surface area contributed by atoms with Crippen molar-refractivity contribution in [1.29, 1.82) is 0 Å². The summed E-state index contributed by atoms with van der Waals surface area (Å²) in [7, 11) is 0. The van der Waals surface area contributed by atoms with Crippen LogP contribution in [0.15, 0.2) is 24.3 Å². The fourth-order valence-electron chi connectivity index (χ4n) is 2.90. The first kappa shape index (κ1) is 16.8. The molecule has 0 radical (unpaired) electrons. The van der Waals surface area contributed by atoms with Crippen LogP contribution < -0.4 is 5.32 Å². The lowest BCUT2D eigenvalue weighted by Crippen LogP contribution is -2.47. The Labute approximate surface area is 134 Å². The molecule has 0 atom stereocenters. The molecule has 1 N–H and O–H groups in total. The lowest BCUT2D eigenvalue weighted by molar-refractivity contribution is -0.0857. The summed E-state index contributed by atoms with van der Waals surface area (Å²) in [5.41, 5.74) is 1.05.